The summed E-state index contributed by atoms with van der Waals surface area (Å²) in [6.07, 6.45) is 2.68. The van der Waals surface area contributed by atoms with Crippen LogP contribution in [0.5, 0.6) is 5.75 Å². The van der Waals surface area contributed by atoms with Crippen molar-refractivity contribution in [1.29, 1.82) is 0 Å². The van der Waals surface area contributed by atoms with E-state index in [9.17, 15) is 4.79 Å². The molecule has 1 aliphatic heterocycles. The van der Waals surface area contributed by atoms with Crippen LogP contribution in [0.1, 0.15) is 28.0 Å². The van der Waals surface area contributed by atoms with Gasteiger partial charge in [0.2, 0.25) is 0 Å². The maximum absolute atomic E-state index is 12.4. The molecule has 1 aromatic heterocycles. The molecule has 0 unspecified atom stereocenters. The summed E-state index contributed by atoms with van der Waals surface area (Å²) >= 11 is 0. The Morgan fingerprint density at radius 2 is 2.00 bits per heavy atom. The van der Waals surface area contributed by atoms with Crippen LogP contribution in [0.25, 0.3) is 0 Å². The summed E-state index contributed by atoms with van der Waals surface area (Å²) in [5.41, 5.74) is 2.59. The van der Waals surface area contributed by atoms with E-state index >= 15 is 0 Å². The summed E-state index contributed by atoms with van der Waals surface area (Å²) in [6.45, 7) is 8.36. The van der Waals surface area contributed by atoms with Crippen LogP contribution in [0.4, 0.5) is 0 Å². The van der Waals surface area contributed by atoms with Crippen molar-refractivity contribution in [1.82, 2.24) is 20.5 Å². The summed E-state index contributed by atoms with van der Waals surface area (Å²) in [5.74, 6) is 0.692. The van der Waals surface area contributed by atoms with E-state index < -0.39 is 0 Å². The number of nitrogens with zero attached hydrogens (tertiary/aromatic N) is 2. The largest absolute Gasteiger partial charge is 0.487 e. The van der Waals surface area contributed by atoms with Gasteiger partial charge in [-0.1, -0.05) is 12.1 Å². The zero-order valence-corrected chi connectivity index (χ0v) is 18.4. The number of piperazine rings is 1. The molecule has 6 nitrogen and oxygen atoms in total. The van der Waals surface area contributed by atoms with Gasteiger partial charge in [-0.25, -0.2) is 0 Å². The zero-order chi connectivity index (χ0) is 18.9. The second-order valence-corrected chi connectivity index (χ2v) is 6.83. The van der Waals surface area contributed by atoms with Crippen LogP contribution in [0.2, 0.25) is 0 Å². The van der Waals surface area contributed by atoms with Crippen LogP contribution >= 0.6 is 24.8 Å². The van der Waals surface area contributed by atoms with Crippen LogP contribution in [-0.2, 0) is 6.61 Å². The Balaban J connectivity index is 0.00000210. The molecule has 0 atom stereocenters. The zero-order valence-electron chi connectivity index (χ0n) is 16.7. The molecule has 2 aromatic rings. The number of aromatic nitrogens is 1. The van der Waals surface area contributed by atoms with Gasteiger partial charge in [0.05, 0.1) is 6.20 Å². The fourth-order valence-corrected chi connectivity index (χ4v) is 3.05. The molecule has 1 aromatic carbocycles. The molecule has 0 spiro atoms. The van der Waals surface area contributed by atoms with E-state index in [1.54, 1.807) is 6.20 Å². The van der Waals surface area contributed by atoms with E-state index in [1.165, 1.54) is 0 Å². The Kier molecular flexibility index (Phi) is 11.6. The first kappa shape index (κ1) is 25.2. The lowest BCUT2D eigenvalue weighted by Crippen LogP contribution is -2.44. The van der Waals surface area contributed by atoms with Crippen LogP contribution in [0.3, 0.4) is 0 Å². The number of carbonyl (C=O) groups excluding carboxylic acids is 1. The van der Waals surface area contributed by atoms with Crippen molar-refractivity contribution >= 4 is 30.7 Å². The SMILES string of the molecule is Cc1ccc(OCc2cccc(C(=O)NCCCN3CCNCC3)c2)cn1.Cl.Cl. The van der Waals surface area contributed by atoms with Gasteiger partial charge in [0.1, 0.15) is 12.4 Å². The van der Waals surface area contributed by atoms with Crippen molar-refractivity contribution in [3.63, 3.8) is 0 Å². The van der Waals surface area contributed by atoms with Crippen molar-refractivity contribution in [3.05, 3.63) is 59.4 Å². The Labute approximate surface area is 185 Å². The number of hydrogen-bond donors (Lipinski definition) is 2. The molecule has 29 heavy (non-hydrogen) atoms. The van der Waals surface area contributed by atoms with Gasteiger partial charge in [0.25, 0.3) is 5.91 Å². The smallest absolute Gasteiger partial charge is 0.251 e. The molecule has 2 N–H and O–H groups in total. The van der Waals surface area contributed by atoms with Crippen LogP contribution in [0.15, 0.2) is 42.6 Å². The third-order valence-corrected chi connectivity index (χ3v) is 4.63. The molecule has 1 amide bonds. The number of halogens is 2. The van der Waals surface area contributed by atoms with Gasteiger partial charge < -0.3 is 20.3 Å². The van der Waals surface area contributed by atoms with Gasteiger partial charge in [0, 0.05) is 44.0 Å². The Morgan fingerprint density at radius 1 is 1.21 bits per heavy atom. The van der Waals surface area contributed by atoms with Gasteiger partial charge >= 0.3 is 0 Å². The molecular formula is C21H30Cl2N4O2. The highest BCUT2D eigenvalue weighted by atomic mass is 35.5. The standard InChI is InChI=1S/C21H28N4O2.2ClH/c1-17-6-7-20(15-24-17)27-16-18-4-2-5-19(14-18)21(26)23-8-3-11-25-12-9-22-10-13-25;;/h2,4-7,14-15,22H,3,8-13,16H2,1H3,(H,23,26);2*1H. The van der Waals surface area contributed by atoms with Crippen LogP contribution < -0.4 is 15.4 Å². The topological polar surface area (TPSA) is 66.5 Å². The number of ether oxygens (including phenoxy) is 1. The monoisotopic (exact) mass is 440 g/mol. The van der Waals surface area contributed by atoms with E-state index in [0.29, 0.717) is 18.7 Å². The molecule has 8 heteroatoms. The predicted molar refractivity (Wildman–Crippen MR) is 121 cm³/mol. The molecule has 0 bridgehead atoms. The summed E-state index contributed by atoms with van der Waals surface area (Å²) in [4.78, 5) is 19.0. The van der Waals surface area contributed by atoms with Crippen molar-refractivity contribution in [3.8, 4) is 5.75 Å². The summed E-state index contributed by atoms with van der Waals surface area (Å²) in [7, 11) is 0. The van der Waals surface area contributed by atoms with Crippen LogP contribution in [0, 0.1) is 6.92 Å². The maximum Gasteiger partial charge on any atom is 0.251 e. The molecule has 0 radical (unpaired) electrons. The van der Waals surface area contributed by atoms with E-state index in [0.717, 1.165) is 56.2 Å². The van der Waals surface area contributed by atoms with Crippen molar-refractivity contribution in [2.45, 2.75) is 20.0 Å². The number of pyridine rings is 1. The number of hydrogen-bond acceptors (Lipinski definition) is 5. The molecule has 1 aliphatic rings. The van der Waals surface area contributed by atoms with Crippen molar-refractivity contribution in [2.24, 2.45) is 0 Å². The molecular weight excluding hydrogens is 411 g/mol. The quantitative estimate of drug-likeness (QED) is 0.617. The number of amides is 1. The Morgan fingerprint density at radius 3 is 2.72 bits per heavy atom. The van der Waals surface area contributed by atoms with Gasteiger partial charge in [-0.3, -0.25) is 9.78 Å². The minimum atomic E-state index is -0.0332. The van der Waals surface area contributed by atoms with Gasteiger partial charge in [-0.2, -0.15) is 0 Å². The average Bonchev–Trinajstić information content (AvgIpc) is 2.71. The lowest BCUT2D eigenvalue weighted by atomic mass is 10.1. The highest BCUT2D eigenvalue weighted by molar-refractivity contribution is 5.94. The van der Waals surface area contributed by atoms with E-state index in [-0.39, 0.29) is 30.7 Å². The third kappa shape index (κ3) is 8.58. The maximum atomic E-state index is 12.4. The average molecular weight is 441 g/mol. The molecule has 3 rings (SSSR count). The summed E-state index contributed by atoms with van der Waals surface area (Å²) in [6, 6.07) is 11.4. The molecule has 0 aliphatic carbocycles. The van der Waals surface area contributed by atoms with Gasteiger partial charge in [-0.15, -0.1) is 24.8 Å². The highest BCUT2D eigenvalue weighted by Gasteiger charge is 2.10. The van der Waals surface area contributed by atoms with Crippen molar-refractivity contribution < 1.29 is 9.53 Å². The first-order valence-corrected chi connectivity index (χ1v) is 9.56. The lowest BCUT2D eigenvalue weighted by Gasteiger charge is -2.27. The van der Waals surface area contributed by atoms with E-state index in [2.05, 4.69) is 20.5 Å². The number of aryl methyl sites for hydroxylation is 1. The first-order chi connectivity index (χ1) is 13.2. The second kappa shape index (κ2) is 13.4. The fourth-order valence-electron chi connectivity index (χ4n) is 3.05. The van der Waals surface area contributed by atoms with E-state index in [1.807, 2.05) is 43.3 Å². The molecule has 160 valence electrons. The summed E-state index contributed by atoms with van der Waals surface area (Å²) < 4.78 is 5.74. The Hall–Kier alpha value is -1.86. The highest BCUT2D eigenvalue weighted by Crippen LogP contribution is 2.13. The third-order valence-electron chi connectivity index (χ3n) is 4.63. The van der Waals surface area contributed by atoms with Crippen molar-refractivity contribution in [2.75, 3.05) is 39.3 Å². The normalized spacial score (nSPS) is 13.7. The predicted octanol–water partition coefficient (Wildman–Crippen LogP) is 2.84. The molecule has 0 saturated carbocycles. The minimum Gasteiger partial charge on any atom is -0.487 e. The Bertz CT molecular complexity index is 738. The fraction of sp³-hybridized carbons (Fsp3) is 0.429. The number of benzene rings is 1. The molecule has 2 heterocycles. The lowest BCUT2D eigenvalue weighted by molar-refractivity contribution is 0.0951. The summed E-state index contributed by atoms with van der Waals surface area (Å²) in [5, 5.41) is 6.36. The van der Waals surface area contributed by atoms with E-state index in [4.69, 9.17) is 4.74 Å². The first-order valence-electron chi connectivity index (χ1n) is 9.56. The number of carbonyl (C=O) groups is 1. The minimum absolute atomic E-state index is 0. The second-order valence-electron chi connectivity index (χ2n) is 6.83. The van der Waals surface area contributed by atoms with Crippen LogP contribution in [-0.4, -0.2) is 55.1 Å². The number of nitrogens with one attached hydrogen (secondary N) is 2. The van der Waals surface area contributed by atoms with Gasteiger partial charge in [-0.05, 0) is 49.7 Å². The number of rotatable bonds is 8. The molecule has 1 saturated heterocycles. The van der Waals surface area contributed by atoms with Gasteiger partial charge in [0.15, 0.2) is 0 Å². The molecule has 1 fully saturated rings.